The smallest absolute Gasteiger partial charge is 0.328 e. The molecular formula is C21H25N5O4S. The highest BCUT2D eigenvalue weighted by Gasteiger charge is 2.23. The zero-order chi connectivity index (χ0) is 22.3. The largest absolute Gasteiger partial charge is 0.356 e. The van der Waals surface area contributed by atoms with Gasteiger partial charge < -0.3 is 4.90 Å². The average Bonchev–Trinajstić information content (AvgIpc) is 2.71. The number of hydrogen-bond donors (Lipinski definition) is 2. The molecule has 3 heterocycles. The predicted octanol–water partition coefficient (Wildman–Crippen LogP) is 1.90. The number of H-pyrrole nitrogens is 1. The molecule has 2 N–H and O–H groups in total. The molecule has 0 spiro atoms. The number of sulfonamides is 1. The Morgan fingerprint density at radius 3 is 2.45 bits per heavy atom. The van der Waals surface area contributed by atoms with Crippen molar-refractivity contribution in [2.45, 2.75) is 25.2 Å². The predicted molar refractivity (Wildman–Crippen MR) is 120 cm³/mol. The molecule has 0 unspecified atom stereocenters. The van der Waals surface area contributed by atoms with Crippen LogP contribution in [-0.4, -0.2) is 36.0 Å². The molecule has 31 heavy (non-hydrogen) atoms. The van der Waals surface area contributed by atoms with Crippen LogP contribution in [0.5, 0.6) is 0 Å². The van der Waals surface area contributed by atoms with E-state index in [0.717, 1.165) is 18.9 Å². The Labute approximate surface area is 179 Å². The number of aryl methyl sites for hydroxylation is 1. The van der Waals surface area contributed by atoms with Crippen LogP contribution in [0.1, 0.15) is 20.3 Å². The van der Waals surface area contributed by atoms with Gasteiger partial charge in [0.15, 0.2) is 0 Å². The van der Waals surface area contributed by atoms with E-state index in [1.54, 1.807) is 6.07 Å². The first-order chi connectivity index (χ1) is 14.6. The van der Waals surface area contributed by atoms with Gasteiger partial charge in [0, 0.05) is 20.1 Å². The van der Waals surface area contributed by atoms with Crippen molar-refractivity contribution in [2.75, 3.05) is 22.7 Å². The van der Waals surface area contributed by atoms with Crippen molar-refractivity contribution >= 4 is 32.4 Å². The Kier molecular flexibility index (Phi) is 5.34. The molecule has 2 atom stereocenters. The maximum atomic E-state index is 12.9. The van der Waals surface area contributed by atoms with Gasteiger partial charge in [-0.05, 0) is 48.6 Å². The summed E-state index contributed by atoms with van der Waals surface area (Å²) in [6.07, 6.45) is 2.69. The molecule has 0 radical (unpaired) electrons. The van der Waals surface area contributed by atoms with Crippen LogP contribution >= 0.6 is 0 Å². The van der Waals surface area contributed by atoms with E-state index in [1.165, 1.54) is 42.4 Å². The zero-order valence-electron chi connectivity index (χ0n) is 17.6. The van der Waals surface area contributed by atoms with E-state index in [-0.39, 0.29) is 10.3 Å². The Bertz CT molecular complexity index is 1330. The van der Waals surface area contributed by atoms with Gasteiger partial charge in [0.25, 0.3) is 15.6 Å². The normalized spacial score (nSPS) is 19.5. The number of nitrogens with zero attached hydrogens (tertiary/aromatic N) is 3. The van der Waals surface area contributed by atoms with Crippen LogP contribution in [0.25, 0.3) is 10.9 Å². The summed E-state index contributed by atoms with van der Waals surface area (Å²) in [5, 5.41) is 0.117. The van der Waals surface area contributed by atoms with Crippen LogP contribution in [0.4, 0.5) is 11.5 Å². The number of aromatic amines is 1. The van der Waals surface area contributed by atoms with Crippen LogP contribution < -0.4 is 20.9 Å². The van der Waals surface area contributed by atoms with Gasteiger partial charge >= 0.3 is 5.69 Å². The van der Waals surface area contributed by atoms with Gasteiger partial charge in [-0.15, -0.1) is 0 Å². The highest BCUT2D eigenvalue weighted by molar-refractivity contribution is 7.92. The fraction of sp³-hybridized carbons (Fsp3) is 0.381. The average molecular weight is 444 g/mol. The summed E-state index contributed by atoms with van der Waals surface area (Å²) >= 11 is 0. The number of benzene rings is 1. The second-order valence-corrected chi connectivity index (χ2v) is 10.0. The van der Waals surface area contributed by atoms with E-state index in [0.29, 0.717) is 23.0 Å². The monoisotopic (exact) mass is 443 g/mol. The van der Waals surface area contributed by atoms with Gasteiger partial charge in [-0.3, -0.25) is 19.1 Å². The number of aromatic nitrogens is 3. The molecular weight excluding hydrogens is 418 g/mol. The lowest BCUT2D eigenvalue weighted by Crippen LogP contribution is -2.39. The summed E-state index contributed by atoms with van der Waals surface area (Å²) in [7, 11) is -2.44. The topological polar surface area (TPSA) is 117 Å². The Morgan fingerprint density at radius 2 is 1.81 bits per heavy atom. The Hall–Kier alpha value is -3.14. The molecule has 4 rings (SSSR count). The number of rotatable bonds is 4. The van der Waals surface area contributed by atoms with Crippen molar-refractivity contribution in [3.63, 3.8) is 0 Å². The molecule has 0 bridgehead atoms. The van der Waals surface area contributed by atoms with Crippen molar-refractivity contribution < 1.29 is 8.42 Å². The van der Waals surface area contributed by atoms with Crippen LogP contribution in [0.2, 0.25) is 0 Å². The first-order valence-corrected chi connectivity index (χ1v) is 11.6. The van der Waals surface area contributed by atoms with Gasteiger partial charge in [0.2, 0.25) is 0 Å². The molecule has 1 aliphatic rings. The molecule has 1 fully saturated rings. The summed E-state index contributed by atoms with van der Waals surface area (Å²) < 4.78 is 29.5. The van der Waals surface area contributed by atoms with Gasteiger partial charge in [-0.1, -0.05) is 13.8 Å². The quantitative estimate of drug-likeness (QED) is 0.636. The van der Waals surface area contributed by atoms with Gasteiger partial charge in [0.05, 0.1) is 27.7 Å². The van der Waals surface area contributed by atoms with E-state index in [2.05, 4.69) is 33.4 Å². The number of hydrogen-bond acceptors (Lipinski definition) is 6. The number of fused-ring (bicyclic) bond motifs is 1. The van der Waals surface area contributed by atoms with Crippen LogP contribution in [0.15, 0.2) is 51.0 Å². The Morgan fingerprint density at radius 1 is 1.10 bits per heavy atom. The summed E-state index contributed by atoms with van der Waals surface area (Å²) in [5.74, 6) is 1.98. The number of piperidine rings is 1. The number of anilines is 2. The maximum absolute atomic E-state index is 12.9. The molecule has 0 amide bonds. The molecule has 10 heteroatoms. The van der Waals surface area contributed by atoms with Crippen LogP contribution in [-0.2, 0) is 17.1 Å². The minimum atomic E-state index is -3.94. The summed E-state index contributed by atoms with van der Waals surface area (Å²) in [5.41, 5.74) is -0.513. The van der Waals surface area contributed by atoms with Crippen LogP contribution in [0, 0.1) is 11.8 Å². The zero-order valence-corrected chi connectivity index (χ0v) is 18.4. The molecule has 2 aromatic heterocycles. The highest BCUT2D eigenvalue weighted by Crippen LogP contribution is 2.26. The van der Waals surface area contributed by atoms with Crippen molar-refractivity contribution in [3.05, 3.63) is 57.4 Å². The van der Waals surface area contributed by atoms with Gasteiger partial charge in [-0.2, -0.15) is 0 Å². The van der Waals surface area contributed by atoms with E-state index < -0.39 is 21.3 Å². The van der Waals surface area contributed by atoms with Gasteiger partial charge in [-0.25, -0.2) is 18.2 Å². The van der Waals surface area contributed by atoms with Crippen molar-refractivity contribution in [3.8, 4) is 0 Å². The minimum Gasteiger partial charge on any atom is -0.356 e. The molecule has 0 saturated carbocycles. The molecule has 3 aromatic rings. The van der Waals surface area contributed by atoms with E-state index in [1.807, 2.05) is 6.07 Å². The lowest BCUT2D eigenvalue weighted by molar-refractivity contribution is 0.355. The highest BCUT2D eigenvalue weighted by atomic mass is 32.2. The third-order valence-corrected chi connectivity index (χ3v) is 6.98. The molecule has 164 valence electrons. The first kappa shape index (κ1) is 21.1. The van der Waals surface area contributed by atoms with Crippen molar-refractivity contribution in [1.82, 2.24) is 14.5 Å². The van der Waals surface area contributed by atoms with Crippen molar-refractivity contribution in [2.24, 2.45) is 18.9 Å². The van der Waals surface area contributed by atoms with E-state index in [9.17, 15) is 18.0 Å². The third kappa shape index (κ3) is 4.20. The molecule has 0 aliphatic carbocycles. The lowest BCUT2D eigenvalue weighted by atomic mass is 9.92. The van der Waals surface area contributed by atoms with Gasteiger partial charge in [0.1, 0.15) is 5.82 Å². The van der Waals surface area contributed by atoms with Crippen molar-refractivity contribution in [1.29, 1.82) is 0 Å². The number of pyridine rings is 1. The lowest BCUT2D eigenvalue weighted by Gasteiger charge is -2.35. The molecule has 1 aliphatic heterocycles. The molecule has 1 saturated heterocycles. The SMILES string of the molecule is C[C@H]1C[C@H](C)CN(c2ccc(NS(=O)(=O)c3ccc4c(c3)c(=O)[nH]c(=O)n4C)cn2)C1. The summed E-state index contributed by atoms with van der Waals surface area (Å²) in [4.78, 5) is 32.6. The third-order valence-electron chi connectivity index (χ3n) is 5.60. The van der Waals surface area contributed by atoms with Crippen LogP contribution in [0.3, 0.4) is 0 Å². The molecule has 1 aromatic carbocycles. The first-order valence-electron chi connectivity index (χ1n) is 10.1. The fourth-order valence-corrected chi connectivity index (χ4v) is 5.28. The second-order valence-electron chi connectivity index (χ2n) is 8.36. The Balaban J connectivity index is 1.59. The maximum Gasteiger partial charge on any atom is 0.328 e. The summed E-state index contributed by atoms with van der Waals surface area (Å²) in [6, 6.07) is 7.56. The second kappa shape index (κ2) is 7.84. The van der Waals surface area contributed by atoms with E-state index >= 15 is 0 Å². The standard InChI is InChI=1S/C21H25N5O4S/c1-13-8-14(2)12-26(11-13)19-7-4-15(10-22-19)24-31(29,30)16-5-6-18-17(9-16)20(27)23-21(28)25(18)3/h4-7,9-10,13-14,24H,8,11-12H2,1-3H3,(H,23,27,28)/t13-,14-/m0/s1. The fourth-order valence-electron chi connectivity index (χ4n) is 4.21. The molecule has 9 nitrogen and oxygen atoms in total. The number of nitrogens with one attached hydrogen (secondary N) is 2. The summed E-state index contributed by atoms with van der Waals surface area (Å²) in [6.45, 7) is 6.29. The minimum absolute atomic E-state index is 0.0769. The van der Waals surface area contributed by atoms with E-state index in [4.69, 9.17) is 0 Å².